The van der Waals surface area contributed by atoms with E-state index in [2.05, 4.69) is 27.7 Å². The van der Waals surface area contributed by atoms with Crippen molar-refractivity contribution in [3.8, 4) is 0 Å². The van der Waals surface area contributed by atoms with Crippen molar-refractivity contribution in [1.82, 2.24) is 16.0 Å². The summed E-state index contributed by atoms with van der Waals surface area (Å²) in [5, 5.41) is 11.7. The first-order chi connectivity index (χ1) is 9.35. The van der Waals surface area contributed by atoms with Crippen LogP contribution in [0.25, 0.3) is 0 Å². The van der Waals surface area contributed by atoms with Crippen LogP contribution in [0.2, 0.25) is 0 Å². The molecule has 0 amide bonds. The highest BCUT2D eigenvalue weighted by Gasteiger charge is 2.38. The minimum absolute atomic E-state index is 0.459. The normalized spacial score (nSPS) is 40.3. The van der Waals surface area contributed by atoms with Gasteiger partial charge in [0.1, 0.15) is 5.50 Å². The molecule has 3 rings (SSSR count). The summed E-state index contributed by atoms with van der Waals surface area (Å²) < 4.78 is 5.52. The lowest BCUT2D eigenvalue weighted by molar-refractivity contribution is 0.0667. The van der Waals surface area contributed by atoms with Crippen LogP contribution in [-0.4, -0.2) is 49.6 Å². The van der Waals surface area contributed by atoms with Crippen molar-refractivity contribution in [3.63, 3.8) is 0 Å². The predicted molar refractivity (Wildman–Crippen MR) is 80.3 cm³/mol. The Kier molecular flexibility index (Phi) is 5.03. The van der Waals surface area contributed by atoms with Crippen molar-refractivity contribution >= 4 is 11.8 Å². The highest BCUT2D eigenvalue weighted by Crippen LogP contribution is 2.36. The summed E-state index contributed by atoms with van der Waals surface area (Å²) in [4.78, 5) is 0. The molecule has 5 heteroatoms. The molecule has 4 unspecified atom stereocenters. The molecule has 0 spiro atoms. The molecule has 4 nitrogen and oxygen atoms in total. The Morgan fingerprint density at radius 3 is 2.84 bits per heavy atom. The highest BCUT2D eigenvalue weighted by molar-refractivity contribution is 8.00. The van der Waals surface area contributed by atoms with Crippen LogP contribution >= 0.6 is 11.8 Å². The van der Waals surface area contributed by atoms with Crippen molar-refractivity contribution in [2.75, 3.05) is 26.7 Å². The molecule has 2 aliphatic heterocycles. The summed E-state index contributed by atoms with van der Waals surface area (Å²) >= 11 is 2.08. The molecule has 2 heterocycles. The van der Waals surface area contributed by atoms with Crippen LogP contribution in [0, 0.1) is 5.92 Å². The van der Waals surface area contributed by atoms with E-state index in [1.165, 1.54) is 51.7 Å². The third-order valence-corrected chi connectivity index (χ3v) is 6.25. The topological polar surface area (TPSA) is 45.3 Å². The van der Waals surface area contributed by atoms with Gasteiger partial charge < -0.3 is 10.1 Å². The molecule has 0 aromatic rings. The number of methoxy groups -OCH3 is 1. The maximum Gasteiger partial charge on any atom is 0.106 e. The molecule has 110 valence electrons. The quantitative estimate of drug-likeness (QED) is 0.723. The van der Waals surface area contributed by atoms with Gasteiger partial charge in [-0.05, 0) is 51.1 Å². The number of piperidine rings is 1. The molecule has 0 bridgehead atoms. The number of nitrogens with one attached hydrogen (secondary N) is 3. The van der Waals surface area contributed by atoms with E-state index < -0.39 is 0 Å². The fourth-order valence-corrected chi connectivity index (χ4v) is 5.05. The molecule has 2 saturated heterocycles. The molecular weight excluding hydrogens is 258 g/mol. The Morgan fingerprint density at radius 2 is 2.05 bits per heavy atom. The van der Waals surface area contributed by atoms with E-state index in [-0.39, 0.29) is 0 Å². The SMILES string of the molecule is COC1CCC2NC(NCC3CCNCC3)SC2C1. The second-order valence-electron chi connectivity index (χ2n) is 6.10. The van der Waals surface area contributed by atoms with Crippen molar-refractivity contribution in [2.45, 2.75) is 55.0 Å². The molecule has 0 aromatic carbocycles. The number of hydrogen-bond acceptors (Lipinski definition) is 5. The van der Waals surface area contributed by atoms with Crippen LogP contribution in [0.1, 0.15) is 32.1 Å². The Balaban J connectivity index is 1.41. The Bertz CT molecular complexity index is 286. The minimum atomic E-state index is 0.459. The second-order valence-corrected chi connectivity index (χ2v) is 7.45. The minimum Gasteiger partial charge on any atom is -0.381 e. The van der Waals surface area contributed by atoms with Gasteiger partial charge in [0.25, 0.3) is 0 Å². The summed E-state index contributed by atoms with van der Waals surface area (Å²) in [5.74, 6) is 0.859. The highest BCUT2D eigenvalue weighted by atomic mass is 32.2. The number of hydrogen-bond donors (Lipinski definition) is 3. The van der Waals surface area contributed by atoms with E-state index in [9.17, 15) is 0 Å². The lowest BCUT2D eigenvalue weighted by Crippen LogP contribution is -2.45. The number of thioether (sulfide) groups is 1. The third-order valence-electron chi connectivity index (χ3n) is 4.80. The van der Waals surface area contributed by atoms with E-state index in [1.54, 1.807) is 0 Å². The zero-order valence-electron chi connectivity index (χ0n) is 11.9. The van der Waals surface area contributed by atoms with Gasteiger partial charge in [-0.3, -0.25) is 10.6 Å². The van der Waals surface area contributed by atoms with Crippen LogP contribution in [0.3, 0.4) is 0 Å². The van der Waals surface area contributed by atoms with Crippen LogP contribution in [0.4, 0.5) is 0 Å². The fourth-order valence-electron chi connectivity index (χ4n) is 3.52. The Labute approximate surface area is 120 Å². The standard InChI is InChI=1S/C14H27N3OS/c1-18-11-2-3-12-13(8-11)19-14(17-12)16-9-10-4-6-15-7-5-10/h10-17H,2-9H2,1H3. The molecule has 0 aromatic heterocycles. The first-order valence-corrected chi connectivity index (χ1v) is 8.68. The van der Waals surface area contributed by atoms with E-state index in [4.69, 9.17) is 4.74 Å². The van der Waals surface area contributed by atoms with E-state index >= 15 is 0 Å². The average molecular weight is 285 g/mol. The summed E-state index contributed by atoms with van der Waals surface area (Å²) in [5.41, 5.74) is 0.459. The average Bonchev–Trinajstić information content (AvgIpc) is 2.88. The van der Waals surface area contributed by atoms with Crippen LogP contribution in [0.15, 0.2) is 0 Å². The maximum absolute atomic E-state index is 5.52. The summed E-state index contributed by atoms with van der Waals surface area (Å²) in [6.45, 7) is 3.55. The van der Waals surface area contributed by atoms with Gasteiger partial charge >= 0.3 is 0 Å². The third kappa shape index (κ3) is 3.64. The van der Waals surface area contributed by atoms with Gasteiger partial charge in [-0.25, -0.2) is 0 Å². The molecule has 3 fully saturated rings. The molecule has 3 N–H and O–H groups in total. The number of ether oxygens (including phenoxy) is 1. The van der Waals surface area contributed by atoms with Gasteiger partial charge in [-0.1, -0.05) is 0 Å². The van der Waals surface area contributed by atoms with Crippen molar-refractivity contribution < 1.29 is 4.74 Å². The van der Waals surface area contributed by atoms with Gasteiger partial charge in [0, 0.05) is 24.9 Å². The summed E-state index contributed by atoms with van der Waals surface area (Å²) in [6, 6.07) is 0.696. The summed E-state index contributed by atoms with van der Waals surface area (Å²) in [6.07, 6.45) is 6.82. The molecule has 19 heavy (non-hydrogen) atoms. The van der Waals surface area contributed by atoms with Gasteiger partial charge in [0.2, 0.25) is 0 Å². The zero-order chi connectivity index (χ0) is 13.1. The molecule has 1 aliphatic carbocycles. The largest absolute Gasteiger partial charge is 0.381 e. The van der Waals surface area contributed by atoms with E-state index in [0.29, 0.717) is 17.6 Å². The van der Waals surface area contributed by atoms with Gasteiger partial charge in [0.05, 0.1) is 6.10 Å². The van der Waals surface area contributed by atoms with Crippen molar-refractivity contribution in [2.24, 2.45) is 5.92 Å². The van der Waals surface area contributed by atoms with Gasteiger partial charge in [0.15, 0.2) is 0 Å². The maximum atomic E-state index is 5.52. The predicted octanol–water partition coefficient (Wildman–Crippen LogP) is 1.13. The van der Waals surface area contributed by atoms with Gasteiger partial charge in [-0.15, -0.1) is 11.8 Å². The first kappa shape index (κ1) is 14.1. The van der Waals surface area contributed by atoms with E-state index in [1.807, 2.05) is 7.11 Å². The van der Waals surface area contributed by atoms with Crippen LogP contribution in [0.5, 0.6) is 0 Å². The van der Waals surface area contributed by atoms with Crippen LogP contribution < -0.4 is 16.0 Å². The smallest absolute Gasteiger partial charge is 0.106 e. The lowest BCUT2D eigenvalue weighted by Gasteiger charge is -2.29. The Hall–Kier alpha value is 0.190. The molecular formula is C14H27N3OS. The molecule has 1 saturated carbocycles. The van der Waals surface area contributed by atoms with Gasteiger partial charge in [-0.2, -0.15) is 0 Å². The second kappa shape index (κ2) is 6.76. The number of rotatable bonds is 4. The van der Waals surface area contributed by atoms with Crippen molar-refractivity contribution in [3.05, 3.63) is 0 Å². The lowest BCUT2D eigenvalue weighted by atomic mass is 9.92. The molecule has 4 atom stereocenters. The van der Waals surface area contributed by atoms with Crippen LogP contribution in [-0.2, 0) is 4.74 Å². The van der Waals surface area contributed by atoms with E-state index in [0.717, 1.165) is 11.2 Å². The zero-order valence-corrected chi connectivity index (χ0v) is 12.7. The monoisotopic (exact) mass is 285 g/mol. The summed E-state index contributed by atoms with van der Waals surface area (Å²) in [7, 11) is 1.85. The Morgan fingerprint density at radius 1 is 1.21 bits per heavy atom. The number of fused-ring (bicyclic) bond motifs is 1. The molecule has 0 radical (unpaired) electrons. The molecule has 3 aliphatic rings. The first-order valence-electron chi connectivity index (χ1n) is 7.73. The van der Waals surface area contributed by atoms with Crippen molar-refractivity contribution in [1.29, 1.82) is 0 Å². The fraction of sp³-hybridized carbons (Fsp3) is 1.00.